The Morgan fingerprint density at radius 1 is 1.31 bits per heavy atom. The molecule has 0 heterocycles. The van der Waals surface area contributed by atoms with Gasteiger partial charge in [0.25, 0.3) is 0 Å². The molecule has 0 saturated heterocycles. The van der Waals surface area contributed by atoms with Crippen molar-refractivity contribution in [3.63, 3.8) is 0 Å². The molecule has 1 nitrogen and oxygen atoms in total. The monoisotopic (exact) mass is 250 g/mol. The Hall–Kier alpha value is 0.440. The second kappa shape index (κ2) is 6.83. The molecule has 1 unspecified atom stereocenters. The second-order valence-electron chi connectivity index (χ2n) is 4.56. The Kier molecular flexibility index (Phi) is 7.06. The first-order valence-corrected chi connectivity index (χ1v) is 6.28. The van der Waals surface area contributed by atoms with Crippen LogP contribution in [0.15, 0.2) is 0 Å². The third kappa shape index (κ3) is 6.50. The normalized spacial score (nSPS) is 14.5. The van der Waals surface area contributed by atoms with E-state index >= 15 is 0 Å². The Labute approximate surface area is 91.4 Å². The molecular weight excluding hydrogens is 228 g/mol. The zero-order valence-corrected chi connectivity index (χ0v) is 11.0. The molecule has 0 radical (unpaired) electrons. The molecule has 0 aliphatic heterocycles. The predicted molar refractivity (Wildman–Crippen MR) is 62.5 cm³/mol. The number of halogens is 1. The van der Waals surface area contributed by atoms with Gasteiger partial charge in [0.2, 0.25) is 0 Å². The van der Waals surface area contributed by atoms with Gasteiger partial charge < -0.3 is 4.74 Å². The van der Waals surface area contributed by atoms with Crippen LogP contribution >= 0.6 is 15.9 Å². The van der Waals surface area contributed by atoms with Crippen LogP contribution in [0, 0.1) is 11.3 Å². The summed E-state index contributed by atoms with van der Waals surface area (Å²) in [6.45, 7) is 10.7. The van der Waals surface area contributed by atoms with E-state index in [0.717, 1.165) is 24.5 Å². The molecule has 1 atom stereocenters. The minimum atomic E-state index is 0.412. The Balaban J connectivity index is 3.61. The molecule has 0 aromatic heterocycles. The molecule has 0 bridgehead atoms. The molecular formula is C11H23BrO. The lowest BCUT2D eigenvalue weighted by Gasteiger charge is -2.29. The van der Waals surface area contributed by atoms with Crippen molar-refractivity contribution in [2.75, 3.05) is 18.5 Å². The molecule has 0 aliphatic carbocycles. The largest absolute Gasteiger partial charge is 0.382 e. The predicted octanol–water partition coefficient (Wildman–Crippen LogP) is 3.86. The van der Waals surface area contributed by atoms with E-state index in [0.29, 0.717) is 5.41 Å². The fraction of sp³-hybridized carbons (Fsp3) is 1.00. The molecule has 0 aliphatic rings. The van der Waals surface area contributed by atoms with Crippen LogP contribution in [0.4, 0.5) is 0 Å². The summed E-state index contributed by atoms with van der Waals surface area (Å²) in [6, 6.07) is 0. The van der Waals surface area contributed by atoms with Crippen molar-refractivity contribution in [2.24, 2.45) is 11.3 Å². The Morgan fingerprint density at radius 2 is 1.92 bits per heavy atom. The van der Waals surface area contributed by atoms with Crippen LogP contribution in [0.2, 0.25) is 0 Å². The zero-order chi connectivity index (χ0) is 10.3. The van der Waals surface area contributed by atoms with Crippen LogP contribution in [0.1, 0.15) is 40.5 Å². The molecule has 0 saturated carbocycles. The number of hydrogen-bond donors (Lipinski definition) is 0. The highest BCUT2D eigenvalue weighted by molar-refractivity contribution is 9.09. The number of hydrogen-bond acceptors (Lipinski definition) is 1. The summed E-state index contributed by atoms with van der Waals surface area (Å²) in [5.74, 6) is 0.757. The fourth-order valence-electron chi connectivity index (χ4n) is 1.32. The third-order valence-electron chi connectivity index (χ3n) is 2.46. The van der Waals surface area contributed by atoms with Crippen molar-refractivity contribution in [3.8, 4) is 0 Å². The molecule has 2 heteroatoms. The topological polar surface area (TPSA) is 9.23 Å². The SMILES string of the molecule is CCOCCCC(CBr)C(C)(C)C. The average molecular weight is 251 g/mol. The van der Waals surface area contributed by atoms with Crippen molar-refractivity contribution >= 4 is 15.9 Å². The van der Waals surface area contributed by atoms with Gasteiger partial charge in [-0.1, -0.05) is 36.7 Å². The van der Waals surface area contributed by atoms with E-state index in [1.54, 1.807) is 0 Å². The summed E-state index contributed by atoms with van der Waals surface area (Å²) in [4.78, 5) is 0. The molecule has 0 fully saturated rings. The second-order valence-corrected chi connectivity index (χ2v) is 5.20. The van der Waals surface area contributed by atoms with Crippen LogP contribution < -0.4 is 0 Å². The highest BCUT2D eigenvalue weighted by atomic mass is 79.9. The minimum absolute atomic E-state index is 0.412. The maximum atomic E-state index is 5.33. The molecule has 0 rings (SSSR count). The van der Waals surface area contributed by atoms with E-state index in [9.17, 15) is 0 Å². The van der Waals surface area contributed by atoms with E-state index in [1.807, 2.05) is 6.92 Å². The van der Waals surface area contributed by atoms with Crippen LogP contribution in [-0.4, -0.2) is 18.5 Å². The minimum Gasteiger partial charge on any atom is -0.382 e. The summed E-state index contributed by atoms with van der Waals surface area (Å²) in [5, 5.41) is 1.10. The standard InChI is InChI=1S/C11H23BrO/c1-5-13-8-6-7-10(9-12)11(2,3)4/h10H,5-9H2,1-4H3. The smallest absolute Gasteiger partial charge is 0.0466 e. The quantitative estimate of drug-likeness (QED) is 0.514. The van der Waals surface area contributed by atoms with Crippen LogP contribution in [0.3, 0.4) is 0 Å². The lowest BCUT2D eigenvalue weighted by atomic mass is 9.79. The highest BCUT2D eigenvalue weighted by Crippen LogP contribution is 2.30. The molecule has 0 N–H and O–H groups in total. The van der Waals surface area contributed by atoms with E-state index in [2.05, 4.69) is 36.7 Å². The Morgan fingerprint density at radius 3 is 2.31 bits per heavy atom. The zero-order valence-electron chi connectivity index (χ0n) is 9.40. The van der Waals surface area contributed by atoms with E-state index < -0.39 is 0 Å². The van der Waals surface area contributed by atoms with Gasteiger partial charge in [-0.25, -0.2) is 0 Å². The van der Waals surface area contributed by atoms with Gasteiger partial charge in [0.1, 0.15) is 0 Å². The highest BCUT2D eigenvalue weighted by Gasteiger charge is 2.22. The lowest BCUT2D eigenvalue weighted by Crippen LogP contribution is -2.22. The van der Waals surface area contributed by atoms with Crippen molar-refractivity contribution in [2.45, 2.75) is 40.5 Å². The van der Waals surface area contributed by atoms with Gasteiger partial charge in [-0.2, -0.15) is 0 Å². The number of rotatable bonds is 6. The first-order valence-electron chi connectivity index (χ1n) is 5.16. The van der Waals surface area contributed by atoms with Crippen molar-refractivity contribution < 1.29 is 4.74 Å². The van der Waals surface area contributed by atoms with Gasteiger partial charge in [0.15, 0.2) is 0 Å². The van der Waals surface area contributed by atoms with Crippen LogP contribution in [-0.2, 0) is 4.74 Å². The number of ether oxygens (including phenoxy) is 1. The lowest BCUT2D eigenvalue weighted by molar-refractivity contribution is 0.132. The molecule has 0 spiro atoms. The van der Waals surface area contributed by atoms with Gasteiger partial charge in [-0.15, -0.1) is 0 Å². The van der Waals surface area contributed by atoms with Crippen molar-refractivity contribution in [3.05, 3.63) is 0 Å². The molecule has 0 amide bonds. The summed E-state index contributed by atoms with van der Waals surface area (Å²) < 4.78 is 5.33. The van der Waals surface area contributed by atoms with E-state index in [1.165, 1.54) is 12.8 Å². The molecule has 13 heavy (non-hydrogen) atoms. The van der Waals surface area contributed by atoms with Gasteiger partial charge in [0, 0.05) is 18.5 Å². The number of alkyl halides is 1. The van der Waals surface area contributed by atoms with Gasteiger partial charge >= 0.3 is 0 Å². The van der Waals surface area contributed by atoms with E-state index in [-0.39, 0.29) is 0 Å². The van der Waals surface area contributed by atoms with Gasteiger partial charge in [-0.3, -0.25) is 0 Å². The van der Waals surface area contributed by atoms with Gasteiger partial charge in [0.05, 0.1) is 0 Å². The first kappa shape index (κ1) is 13.4. The first-order chi connectivity index (χ1) is 6.02. The van der Waals surface area contributed by atoms with Gasteiger partial charge in [-0.05, 0) is 31.1 Å². The average Bonchev–Trinajstić information content (AvgIpc) is 2.02. The molecule has 80 valence electrons. The summed E-state index contributed by atoms with van der Waals surface area (Å²) in [6.07, 6.45) is 2.44. The molecule has 0 aromatic rings. The van der Waals surface area contributed by atoms with Crippen LogP contribution in [0.5, 0.6) is 0 Å². The maximum absolute atomic E-state index is 5.33. The third-order valence-corrected chi connectivity index (χ3v) is 3.24. The maximum Gasteiger partial charge on any atom is 0.0466 e. The summed E-state index contributed by atoms with van der Waals surface area (Å²) in [5.41, 5.74) is 0.412. The fourth-order valence-corrected chi connectivity index (χ4v) is 2.61. The van der Waals surface area contributed by atoms with E-state index in [4.69, 9.17) is 4.74 Å². The van der Waals surface area contributed by atoms with Crippen molar-refractivity contribution in [1.82, 2.24) is 0 Å². The summed E-state index contributed by atoms with van der Waals surface area (Å²) in [7, 11) is 0. The summed E-state index contributed by atoms with van der Waals surface area (Å²) >= 11 is 3.58. The van der Waals surface area contributed by atoms with Crippen molar-refractivity contribution in [1.29, 1.82) is 0 Å². The van der Waals surface area contributed by atoms with Crippen LogP contribution in [0.25, 0.3) is 0 Å². The molecule has 0 aromatic carbocycles. The Bertz CT molecular complexity index is 118.